The molecule has 1 aliphatic rings. The van der Waals surface area contributed by atoms with Crippen molar-refractivity contribution in [3.8, 4) is 10.4 Å². The van der Waals surface area contributed by atoms with Crippen molar-refractivity contribution < 1.29 is 4.39 Å². The highest BCUT2D eigenvalue weighted by molar-refractivity contribution is 7.22. The van der Waals surface area contributed by atoms with Crippen molar-refractivity contribution in [2.75, 3.05) is 11.9 Å². The lowest BCUT2D eigenvalue weighted by atomic mass is 10.2. The lowest BCUT2D eigenvalue weighted by molar-refractivity contribution is 0.326. The summed E-state index contributed by atoms with van der Waals surface area (Å²) in [5, 5.41) is 5.08. The van der Waals surface area contributed by atoms with Crippen molar-refractivity contribution in [2.24, 2.45) is 0 Å². The Labute approximate surface area is 141 Å². The first-order valence-electron chi connectivity index (χ1n) is 7.81. The molecule has 0 spiro atoms. The first kappa shape index (κ1) is 13.9. The number of pyridine rings is 1. The zero-order chi connectivity index (χ0) is 16.1. The molecule has 1 saturated carbocycles. The molecule has 0 amide bonds. The van der Waals surface area contributed by atoms with Gasteiger partial charge in [0, 0.05) is 50.7 Å². The van der Waals surface area contributed by atoms with Crippen LogP contribution >= 0.6 is 11.3 Å². The van der Waals surface area contributed by atoms with Gasteiger partial charge >= 0.3 is 0 Å². The summed E-state index contributed by atoms with van der Waals surface area (Å²) < 4.78 is 14.9. The Kier molecular flexibility index (Phi) is 2.87. The molecule has 120 valence electrons. The number of aromatic nitrogens is 4. The molecule has 0 unspecified atom stereocenters. The maximum atomic E-state index is 13.7. The van der Waals surface area contributed by atoms with Crippen LogP contribution in [0.3, 0.4) is 0 Å². The minimum Gasteiger partial charge on any atom is -0.351 e. The number of hydrogen-bond acceptors (Lipinski definition) is 5. The highest BCUT2D eigenvalue weighted by Crippen LogP contribution is 2.40. The number of alkyl halides is 1. The molecule has 1 aliphatic carbocycles. The number of hydrogen-bond donors (Lipinski definition) is 2. The van der Waals surface area contributed by atoms with Crippen LogP contribution in [0.1, 0.15) is 12.8 Å². The van der Waals surface area contributed by atoms with Gasteiger partial charge in [-0.25, -0.2) is 9.37 Å². The van der Waals surface area contributed by atoms with E-state index < -0.39 is 5.67 Å². The largest absolute Gasteiger partial charge is 0.351 e. The van der Waals surface area contributed by atoms with Crippen molar-refractivity contribution in [2.45, 2.75) is 18.5 Å². The predicted molar refractivity (Wildman–Crippen MR) is 94.1 cm³/mol. The summed E-state index contributed by atoms with van der Waals surface area (Å²) >= 11 is 1.72. The Balaban J connectivity index is 1.50. The molecule has 7 heteroatoms. The van der Waals surface area contributed by atoms with Crippen LogP contribution in [0.4, 0.5) is 10.3 Å². The van der Waals surface area contributed by atoms with E-state index in [1.54, 1.807) is 23.7 Å². The molecule has 24 heavy (non-hydrogen) atoms. The normalized spacial score (nSPS) is 15.9. The molecule has 4 heterocycles. The average molecular weight is 339 g/mol. The summed E-state index contributed by atoms with van der Waals surface area (Å²) in [4.78, 5) is 17.3. The molecule has 5 rings (SSSR count). The van der Waals surface area contributed by atoms with Crippen molar-refractivity contribution in [1.82, 2.24) is 19.9 Å². The van der Waals surface area contributed by atoms with Crippen LogP contribution < -0.4 is 5.32 Å². The third kappa shape index (κ3) is 2.32. The zero-order valence-electron chi connectivity index (χ0n) is 12.7. The van der Waals surface area contributed by atoms with Crippen LogP contribution in [0.2, 0.25) is 0 Å². The number of nitrogens with zero attached hydrogens (tertiary/aromatic N) is 3. The molecule has 1 fully saturated rings. The first-order valence-corrected chi connectivity index (χ1v) is 8.63. The Bertz CT molecular complexity index is 1020. The number of anilines is 1. The smallest absolute Gasteiger partial charge is 0.224 e. The molecule has 2 N–H and O–H groups in total. The molecule has 5 nitrogen and oxygen atoms in total. The van der Waals surface area contributed by atoms with Gasteiger partial charge in [-0.3, -0.25) is 4.98 Å². The Morgan fingerprint density at radius 1 is 1.33 bits per heavy atom. The first-order chi connectivity index (χ1) is 11.7. The minimum atomic E-state index is -1.07. The van der Waals surface area contributed by atoms with Gasteiger partial charge in [-0.15, -0.1) is 11.3 Å². The fourth-order valence-corrected chi connectivity index (χ4v) is 3.82. The Morgan fingerprint density at radius 2 is 2.25 bits per heavy atom. The topological polar surface area (TPSA) is 66.5 Å². The van der Waals surface area contributed by atoms with Crippen molar-refractivity contribution >= 4 is 38.4 Å². The average Bonchev–Trinajstić information content (AvgIpc) is 3.02. The maximum absolute atomic E-state index is 13.7. The summed E-state index contributed by atoms with van der Waals surface area (Å²) in [5.74, 6) is 0.459. The maximum Gasteiger partial charge on any atom is 0.224 e. The van der Waals surface area contributed by atoms with Crippen molar-refractivity contribution in [3.05, 3.63) is 36.9 Å². The zero-order valence-corrected chi connectivity index (χ0v) is 13.5. The van der Waals surface area contributed by atoms with Crippen LogP contribution in [-0.2, 0) is 0 Å². The second-order valence-corrected chi connectivity index (χ2v) is 7.27. The number of H-pyrrole nitrogens is 1. The molecule has 0 aromatic carbocycles. The lowest BCUT2D eigenvalue weighted by Gasteiger charge is -2.06. The molecule has 0 saturated heterocycles. The number of fused-ring (bicyclic) bond motifs is 2. The van der Waals surface area contributed by atoms with E-state index in [0.717, 1.165) is 26.9 Å². The predicted octanol–water partition coefficient (Wildman–Crippen LogP) is 4.15. The molecular weight excluding hydrogens is 325 g/mol. The molecule has 4 aromatic rings. The molecular formula is C17H14FN5S. The minimum absolute atomic E-state index is 0.273. The van der Waals surface area contributed by atoms with Crippen molar-refractivity contribution in [3.63, 3.8) is 0 Å². The van der Waals surface area contributed by atoms with E-state index in [0.29, 0.717) is 18.8 Å². The van der Waals surface area contributed by atoms with Crippen LogP contribution in [0.15, 0.2) is 36.9 Å². The van der Waals surface area contributed by atoms with Crippen LogP contribution in [0, 0.1) is 0 Å². The van der Waals surface area contributed by atoms with Gasteiger partial charge in [0.1, 0.15) is 11.3 Å². The quantitative estimate of drug-likeness (QED) is 0.586. The van der Waals surface area contributed by atoms with Crippen LogP contribution in [0.25, 0.3) is 31.6 Å². The standard InChI is InChI=1S/C17H14FN5S/c18-17(2-3-17)9-22-16-21-8-12-11(7-20-15(12)23-16)14-5-10-6-19-4-1-13(10)24-14/h1,4-8H,2-3,9H2,(H2,20,21,22,23). The van der Waals surface area contributed by atoms with E-state index in [1.165, 1.54) is 4.70 Å². The van der Waals surface area contributed by atoms with E-state index in [1.807, 2.05) is 18.5 Å². The second kappa shape index (κ2) is 4.98. The van der Waals surface area contributed by atoms with Gasteiger partial charge in [0.2, 0.25) is 5.95 Å². The van der Waals surface area contributed by atoms with Gasteiger partial charge < -0.3 is 10.3 Å². The number of rotatable bonds is 4. The van der Waals surface area contributed by atoms with Gasteiger partial charge in [0.05, 0.1) is 6.54 Å². The Hall–Kier alpha value is -2.54. The number of thiophene rings is 1. The van der Waals surface area contributed by atoms with Gasteiger partial charge in [-0.05, 0) is 25.0 Å². The molecule has 4 aromatic heterocycles. The van der Waals surface area contributed by atoms with E-state index in [-0.39, 0.29) is 6.54 Å². The van der Waals surface area contributed by atoms with E-state index in [2.05, 4.69) is 31.3 Å². The van der Waals surface area contributed by atoms with Crippen LogP contribution in [0.5, 0.6) is 0 Å². The highest BCUT2D eigenvalue weighted by Gasteiger charge is 2.43. The summed E-state index contributed by atoms with van der Waals surface area (Å²) in [6.07, 6.45) is 8.64. The summed E-state index contributed by atoms with van der Waals surface area (Å²) in [6.45, 7) is 0.273. The van der Waals surface area contributed by atoms with Crippen molar-refractivity contribution in [1.29, 1.82) is 0 Å². The van der Waals surface area contributed by atoms with Gasteiger partial charge in [-0.1, -0.05) is 0 Å². The Morgan fingerprint density at radius 3 is 3.08 bits per heavy atom. The molecule has 0 aliphatic heterocycles. The van der Waals surface area contributed by atoms with Gasteiger partial charge in [0.25, 0.3) is 0 Å². The number of halogens is 1. The second-order valence-electron chi connectivity index (χ2n) is 6.19. The fourth-order valence-electron chi connectivity index (χ4n) is 2.76. The van der Waals surface area contributed by atoms with E-state index in [9.17, 15) is 4.39 Å². The monoisotopic (exact) mass is 339 g/mol. The molecule has 0 atom stereocenters. The SMILES string of the molecule is FC1(CNc2ncc3c(-c4cc5cnccc5s4)c[nH]c3n2)CC1. The van der Waals surface area contributed by atoms with Gasteiger partial charge in [-0.2, -0.15) is 4.98 Å². The van der Waals surface area contributed by atoms with E-state index >= 15 is 0 Å². The third-order valence-corrected chi connectivity index (χ3v) is 5.52. The summed E-state index contributed by atoms with van der Waals surface area (Å²) in [5.41, 5.74) is 0.758. The van der Waals surface area contributed by atoms with Gasteiger partial charge in [0.15, 0.2) is 0 Å². The fraction of sp³-hybridized carbons (Fsp3) is 0.235. The third-order valence-electron chi connectivity index (χ3n) is 4.37. The highest BCUT2D eigenvalue weighted by atomic mass is 32.1. The number of aromatic amines is 1. The number of nitrogens with one attached hydrogen (secondary N) is 2. The van der Waals surface area contributed by atoms with Crippen LogP contribution in [-0.4, -0.2) is 32.1 Å². The molecule has 0 bridgehead atoms. The summed E-state index contributed by atoms with van der Waals surface area (Å²) in [6, 6.07) is 4.14. The lowest BCUT2D eigenvalue weighted by Crippen LogP contribution is -2.17. The summed E-state index contributed by atoms with van der Waals surface area (Å²) in [7, 11) is 0. The van der Waals surface area contributed by atoms with E-state index in [4.69, 9.17) is 0 Å². The molecule has 0 radical (unpaired) electrons.